The summed E-state index contributed by atoms with van der Waals surface area (Å²) in [5.41, 5.74) is -0.411. The van der Waals surface area contributed by atoms with Crippen LogP contribution in [0.15, 0.2) is 73.8 Å². The molecule has 0 saturated heterocycles. The molecule has 0 heterocycles. The van der Waals surface area contributed by atoms with E-state index in [9.17, 15) is 9.59 Å². The van der Waals surface area contributed by atoms with Gasteiger partial charge in [-0.1, -0.05) is 65.1 Å². The summed E-state index contributed by atoms with van der Waals surface area (Å²) in [6.45, 7) is 25.2. The van der Waals surface area contributed by atoms with Crippen molar-refractivity contribution in [3.8, 4) is 11.5 Å². The van der Waals surface area contributed by atoms with Gasteiger partial charge in [-0.3, -0.25) is 9.59 Å². The molecule has 3 unspecified atom stereocenters. The van der Waals surface area contributed by atoms with Crippen molar-refractivity contribution >= 4 is 11.6 Å². The first-order chi connectivity index (χ1) is 19.6. The molecule has 0 aliphatic rings. The molecule has 230 valence electrons. The molecule has 0 radical (unpaired) electrons. The molecule has 0 spiro atoms. The molecule has 0 saturated carbocycles. The first kappa shape index (κ1) is 35.0. The first-order valence-corrected chi connectivity index (χ1v) is 14.7. The standard InChI is InChI=1S/C36H50O6/c1-12-31(37)34(8,9)40-25-35(10,14-3)42-30-22-18-28(19-23-30)33(6,7)27-16-20-29(21-17-27)41-26(5)24-39-36(11,15-4)32(38)13-2/h12-13,16-23,26H,1-2,14-15,24-25H2,3-11H3. The SMILES string of the molecule is C=CC(=O)C(C)(C)OCC(C)(CC)Oc1ccc(C(C)(C)c2ccc(OC(C)COC(C)(CC)C(=O)C=C)cc2)cc1. The molecule has 0 aromatic heterocycles. The van der Waals surface area contributed by atoms with Gasteiger partial charge < -0.3 is 18.9 Å². The van der Waals surface area contributed by atoms with Gasteiger partial charge in [-0.15, -0.1) is 0 Å². The molecular formula is C36H50O6. The maximum atomic E-state index is 12.2. The van der Waals surface area contributed by atoms with Gasteiger partial charge in [-0.2, -0.15) is 0 Å². The lowest BCUT2D eigenvalue weighted by Gasteiger charge is -2.33. The lowest BCUT2D eigenvalue weighted by Crippen LogP contribution is -2.43. The van der Waals surface area contributed by atoms with Crippen molar-refractivity contribution in [3.05, 3.63) is 85.0 Å². The van der Waals surface area contributed by atoms with Crippen molar-refractivity contribution in [3.63, 3.8) is 0 Å². The number of rotatable bonds is 18. The molecular weight excluding hydrogens is 528 g/mol. The highest BCUT2D eigenvalue weighted by Crippen LogP contribution is 2.34. The van der Waals surface area contributed by atoms with Gasteiger partial charge >= 0.3 is 0 Å². The number of hydrogen-bond donors (Lipinski definition) is 0. The molecule has 42 heavy (non-hydrogen) atoms. The highest BCUT2D eigenvalue weighted by Gasteiger charge is 2.33. The van der Waals surface area contributed by atoms with E-state index < -0.39 is 16.8 Å². The van der Waals surface area contributed by atoms with Crippen LogP contribution in [0.25, 0.3) is 0 Å². The van der Waals surface area contributed by atoms with Crippen LogP contribution >= 0.6 is 0 Å². The van der Waals surface area contributed by atoms with E-state index in [0.717, 1.165) is 22.6 Å². The van der Waals surface area contributed by atoms with Crippen LogP contribution in [0.5, 0.6) is 11.5 Å². The Morgan fingerprint density at radius 2 is 1.26 bits per heavy atom. The Kier molecular flexibility index (Phi) is 11.9. The van der Waals surface area contributed by atoms with Gasteiger partial charge in [-0.25, -0.2) is 0 Å². The Hall–Kier alpha value is -3.22. The van der Waals surface area contributed by atoms with Crippen LogP contribution in [0.4, 0.5) is 0 Å². The van der Waals surface area contributed by atoms with E-state index in [4.69, 9.17) is 18.9 Å². The van der Waals surface area contributed by atoms with Gasteiger partial charge in [-0.05, 0) is 95.0 Å². The molecule has 0 aliphatic carbocycles. The van der Waals surface area contributed by atoms with Crippen LogP contribution in [-0.4, -0.2) is 47.7 Å². The van der Waals surface area contributed by atoms with Crippen LogP contribution in [-0.2, 0) is 24.5 Å². The molecule has 0 bridgehead atoms. The Morgan fingerprint density at radius 1 is 0.762 bits per heavy atom. The predicted octanol–water partition coefficient (Wildman–Crippen LogP) is 7.82. The number of ketones is 2. The van der Waals surface area contributed by atoms with E-state index in [2.05, 4.69) is 51.3 Å². The molecule has 0 aliphatic heterocycles. The first-order valence-electron chi connectivity index (χ1n) is 14.7. The number of carbonyl (C=O) groups is 2. The largest absolute Gasteiger partial charge is 0.488 e. The second-order valence-electron chi connectivity index (χ2n) is 12.3. The summed E-state index contributed by atoms with van der Waals surface area (Å²) in [7, 11) is 0. The van der Waals surface area contributed by atoms with E-state index in [1.54, 1.807) is 20.8 Å². The zero-order valence-electron chi connectivity index (χ0n) is 27.0. The second-order valence-corrected chi connectivity index (χ2v) is 12.3. The fraction of sp³-hybridized carbons (Fsp3) is 0.500. The van der Waals surface area contributed by atoms with Crippen molar-refractivity contribution in [1.82, 2.24) is 0 Å². The normalized spacial score (nSPS) is 15.5. The molecule has 2 rings (SSSR count). The van der Waals surface area contributed by atoms with Crippen LogP contribution in [0, 0.1) is 0 Å². The minimum Gasteiger partial charge on any atom is -0.488 e. The minimum absolute atomic E-state index is 0.127. The minimum atomic E-state index is -0.954. The van der Waals surface area contributed by atoms with Gasteiger partial charge in [0.2, 0.25) is 0 Å². The third kappa shape index (κ3) is 8.89. The highest BCUT2D eigenvalue weighted by molar-refractivity contribution is 5.96. The lowest BCUT2D eigenvalue weighted by molar-refractivity contribution is -0.142. The number of ether oxygens (including phenoxy) is 4. The van der Waals surface area contributed by atoms with Gasteiger partial charge in [0.25, 0.3) is 0 Å². The molecule has 0 fully saturated rings. The van der Waals surface area contributed by atoms with E-state index in [0.29, 0.717) is 19.4 Å². The van der Waals surface area contributed by atoms with Crippen molar-refractivity contribution in [2.75, 3.05) is 13.2 Å². The molecule has 2 aromatic carbocycles. The Morgan fingerprint density at radius 3 is 1.71 bits per heavy atom. The molecule has 3 atom stereocenters. The van der Waals surface area contributed by atoms with Crippen LogP contribution in [0.2, 0.25) is 0 Å². The molecule has 6 nitrogen and oxygen atoms in total. The average molecular weight is 579 g/mol. The van der Waals surface area contributed by atoms with E-state index in [1.165, 1.54) is 12.2 Å². The van der Waals surface area contributed by atoms with E-state index >= 15 is 0 Å². The van der Waals surface area contributed by atoms with Gasteiger partial charge in [0.1, 0.15) is 34.4 Å². The van der Waals surface area contributed by atoms with Gasteiger partial charge in [0, 0.05) is 5.41 Å². The fourth-order valence-corrected chi connectivity index (χ4v) is 4.33. The fourth-order valence-electron chi connectivity index (χ4n) is 4.33. The maximum absolute atomic E-state index is 12.2. The molecule has 0 amide bonds. The van der Waals surface area contributed by atoms with Crippen LogP contribution < -0.4 is 9.47 Å². The number of carbonyl (C=O) groups excluding carboxylic acids is 2. The van der Waals surface area contributed by atoms with Gasteiger partial charge in [0.15, 0.2) is 11.6 Å². The van der Waals surface area contributed by atoms with Gasteiger partial charge in [0.05, 0.1) is 13.2 Å². The zero-order valence-corrected chi connectivity index (χ0v) is 27.0. The molecule has 2 aromatic rings. The maximum Gasteiger partial charge on any atom is 0.186 e. The summed E-state index contributed by atoms with van der Waals surface area (Å²) in [5.74, 6) is 1.19. The summed E-state index contributed by atoms with van der Waals surface area (Å²) in [4.78, 5) is 24.3. The summed E-state index contributed by atoms with van der Waals surface area (Å²) < 4.78 is 24.3. The summed E-state index contributed by atoms with van der Waals surface area (Å²) in [6.07, 6.45) is 3.64. The number of benzene rings is 2. The third-order valence-corrected chi connectivity index (χ3v) is 8.14. The van der Waals surface area contributed by atoms with Crippen molar-refractivity contribution in [2.45, 2.75) is 103 Å². The smallest absolute Gasteiger partial charge is 0.186 e. The zero-order chi connectivity index (χ0) is 31.8. The Bertz CT molecular complexity index is 1210. The average Bonchev–Trinajstić information content (AvgIpc) is 2.98. The lowest BCUT2D eigenvalue weighted by atomic mass is 9.78. The number of hydrogen-bond acceptors (Lipinski definition) is 6. The molecule has 6 heteroatoms. The monoisotopic (exact) mass is 578 g/mol. The van der Waals surface area contributed by atoms with Crippen molar-refractivity contribution in [1.29, 1.82) is 0 Å². The van der Waals surface area contributed by atoms with E-state index in [-0.39, 0.29) is 29.7 Å². The van der Waals surface area contributed by atoms with Crippen LogP contribution in [0.1, 0.15) is 86.3 Å². The quantitative estimate of drug-likeness (QED) is 0.168. The second kappa shape index (κ2) is 14.3. The molecule has 0 N–H and O–H groups in total. The topological polar surface area (TPSA) is 71.1 Å². The Balaban J connectivity index is 2.06. The van der Waals surface area contributed by atoms with Crippen molar-refractivity contribution in [2.24, 2.45) is 0 Å². The Labute approximate surface area is 253 Å². The summed E-state index contributed by atoms with van der Waals surface area (Å²) >= 11 is 0. The predicted molar refractivity (Wildman–Crippen MR) is 170 cm³/mol. The third-order valence-electron chi connectivity index (χ3n) is 8.14. The van der Waals surface area contributed by atoms with Crippen LogP contribution in [0.3, 0.4) is 0 Å². The highest BCUT2D eigenvalue weighted by atomic mass is 16.6. The van der Waals surface area contributed by atoms with Crippen molar-refractivity contribution < 1.29 is 28.5 Å². The summed E-state index contributed by atoms with van der Waals surface area (Å²) in [6, 6.07) is 16.2. The summed E-state index contributed by atoms with van der Waals surface area (Å²) in [5, 5.41) is 0. The van der Waals surface area contributed by atoms with E-state index in [1.807, 2.05) is 52.0 Å².